The number of nitro benzene ring substituents is 1. The van der Waals surface area contributed by atoms with Crippen molar-refractivity contribution in [3.05, 3.63) is 52.1 Å². The van der Waals surface area contributed by atoms with Gasteiger partial charge >= 0.3 is 0 Å². The highest BCUT2D eigenvalue weighted by Gasteiger charge is 2.15. The van der Waals surface area contributed by atoms with Gasteiger partial charge in [0.1, 0.15) is 0 Å². The predicted molar refractivity (Wildman–Crippen MR) is 106 cm³/mol. The van der Waals surface area contributed by atoms with Crippen LogP contribution in [0, 0.1) is 10.1 Å². The number of benzene rings is 2. The van der Waals surface area contributed by atoms with E-state index in [4.69, 9.17) is 0 Å². The lowest BCUT2D eigenvalue weighted by Crippen LogP contribution is -2.11. The number of thioether (sulfide) groups is 1. The van der Waals surface area contributed by atoms with Gasteiger partial charge in [-0.25, -0.2) is 9.97 Å². The fourth-order valence-electron chi connectivity index (χ4n) is 2.40. The molecule has 2 aromatic carbocycles. The van der Waals surface area contributed by atoms with Crippen molar-refractivity contribution in [3.8, 4) is 0 Å². The maximum atomic E-state index is 12.4. The van der Waals surface area contributed by atoms with Gasteiger partial charge < -0.3 is 0 Å². The Labute approximate surface area is 159 Å². The molecule has 7 nitrogen and oxygen atoms in total. The minimum absolute atomic E-state index is 0.0567. The zero-order chi connectivity index (χ0) is 18.3. The number of thiazole rings is 2. The van der Waals surface area contributed by atoms with E-state index < -0.39 is 4.92 Å². The minimum atomic E-state index is -0.502. The maximum absolute atomic E-state index is 12.4. The third kappa shape index (κ3) is 3.02. The van der Waals surface area contributed by atoms with Crippen molar-refractivity contribution < 1.29 is 9.72 Å². The number of hydrogen-bond donors (Lipinski definition) is 1. The number of carbonyl (C=O) groups is 1. The van der Waals surface area contributed by atoms with Gasteiger partial charge in [0.05, 0.1) is 25.4 Å². The van der Waals surface area contributed by atoms with E-state index in [0.717, 1.165) is 24.8 Å². The molecule has 0 aliphatic rings. The van der Waals surface area contributed by atoms with Crippen LogP contribution in [0.4, 0.5) is 10.8 Å². The lowest BCUT2D eigenvalue weighted by Gasteiger charge is -2.00. The molecule has 4 aromatic rings. The Balaban J connectivity index is 1.64. The fourth-order valence-corrected chi connectivity index (χ4v) is 5.05. The van der Waals surface area contributed by atoms with Crippen molar-refractivity contribution in [2.45, 2.75) is 4.34 Å². The Bertz CT molecular complexity index is 1150. The third-order valence-corrected chi connectivity index (χ3v) is 6.83. The number of rotatable bonds is 4. The molecule has 4 rings (SSSR count). The van der Waals surface area contributed by atoms with Crippen LogP contribution in [0.3, 0.4) is 0 Å². The van der Waals surface area contributed by atoms with E-state index in [1.165, 1.54) is 35.6 Å². The summed E-state index contributed by atoms with van der Waals surface area (Å²) in [6.45, 7) is 0. The summed E-state index contributed by atoms with van der Waals surface area (Å²) in [7, 11) is 0. The van der Waals surface area contributed by atoms with Crippen molar-refractivity contribution in [1.29, 1.82) is 0 Å². The summed E-state index contributed by atoms with van der Waals surface area (Å²) in [4.78, 5) is 31.6. The molecule has 0 unspecified atom stereocenters. The second-order valence-corrected chi connectivity index (χ2v) is 8.27. The standard InChI is InChI=1S/C16H10N4O3S3/c1-24-16-18-11-7-6-10-12(13(11)26-16)25-15(17-10)19-14(21)8-2-4-9(5-3-8)20(22)23/h2-7H,1H3,(H,17,19,21). The van der Waals surface area contributed by atoms with Gasteiger partial charge in [0.25, 0.3) is 11.6 Å². The molecule has 0 atom stereocenters. The summed E-state index contributed by atoms with van der Waals surface area (Å²) in [5.41, 5.74) is 2.00. The van der Waals surface area contributed by atoms with Crippen molar-refractivity contribution >= 4 is 71.6 Å². The van der Waals surface area contributed by atoms with E-state index in [2.05, 4.69) is 15.3 Å². The van der Waals surface area contributed by atoms with Crippen LogP contribution in [0.1, 0.15) is 10.4 Å². The molecule has 1 amide bonds. The van der Waals surface area contributed by atoms with E-state index in [9.17, 15) is 14.9 Å². The number of carbonyl (C=O) groups excluding carboxylic acids is 1. The number of nitrogens with one attached hydrogen (secondary N) is 1. The molecule has 0 bridgehead atoms. The molecule has 2 aromatic heterocycles. The van der Waals surface area contributed by atoms with E-state index in [0.29, 0.717) is 10.7 Å². The summed E-state index contributed by atoms with van der Waals surface area (Å²) in [5, 5.41) is 13.9. The van der Waals surface area contributed by atoms with Crippen LogP contribution in [-0.2, 0) is 0 Å². The molecule has 0 aliphatic heterocycles. The van der Waals surface area contributed by atoms with Crippen molar-refractivity contribution in [2.75, 3.05) is 11.6 Å². The SMILES string of the molecule is CSc1nc2ccc3nc(NC(=O)c4ccc([N+](=O)[O-])cc4)sc3c2s1. The summed E-state index contributed by atoms with van der Waals surface area (Å²) in [6, 6.07) is 9.27. The van der Waals surface area contributed by atoms with Crippen LogP contribution in [0.5, 0.6) is 0 Å². The zero-order valence-electron chi connectivity index (χ0n) is 13.3. The van der Waals surface area contributed by atoms with Crippen LogP contribution in [0.15, 0.2) is 40.7 Å². The monoisotopic (exact) mass is 402 g/mol. The Morgan fingerprint density at radius 1 is 1.08 bits per heavy atom. The smallest absolute Gasteiger partial charge is 0.269 e. The van der Waals surface area contributed by atoms with Gasteiger partial charge in [-0.3, -0.25) is 20.2 Å². The second kappa shape index (κ2) is 6.63. The first-order valence-electron chi connectivity index (χ1n) is 7.35. The van der Waals surface area contributed by atoms with Crippen LogP contribution >= 0.6 is 34.4 Å². The number of nitrogens with zero attached hydrogens (tertiary/aromatic N) is 3. The Morgan fingerprint density at radius 2 is 1.73 bits per heavy atom. The third-order valence-electron chi connectivity index (χ3n) is 3.63. The molecule has 0 aliphatic carbocycles. The average Bonchev–Trinajstić information content (AvgIpc) is 3.24. The summed E-state index contributed by atoms with van der Waals surface area (Å²) in [6.07, 6.45) is 1.98. The molecule has 1 N–H and O–H groups in total. The molecular formula is C16H10N4O3S3. The highest BCUT2D eigenvalue weighted by Crippen LogP contribution is 2.38. The highest BCUT2D eigenvalue weighted by molar-refractivity contribution is 8.00. The van der Waals surface area contributed by atoms with Crippen molar-refractivity contribution in [1.82, 2.24) is 9.97 Å². The van der Waals surface area contributed by atoms with E-state index in [-0.39, 0.29) is 11.6 Å². The number of nitro groups is 1. The Hall–Kier alpha value is -2.56. The number of fused-ring (bicyclic) bond motifs is 3. The first-order valence-corrected chi connectivity index (χ1v) is 10.2. The molecule has 26 heavy (non-hydrogen) atoms. The van der Waals surface area contributed by atoms with Crippen LogP contribution in [0.25, 0.3) is 20.4 Å². The van der Waals surface area contributed by atoms with Gasteiger partial charge in [0.2, 0.25) is 0 Å². The molecule has 0 saturated carbocycles. The number of anilines is 1. The van der Waals surface area contributed by atoms with Gasteiger partial charge in [-0.2, -0.15) is 0 Å². The van der Waals surface area contributed by atoms with Gasteiger partial charge in [-0.05, 0) is 30.5 Å². The summed E-state index contributed by atoms with van der Waals surface area (Å²) >= 11 is 4.59. The maximum Gasteiger partial charge on any atom is 0.269 e. The molecule has 10 heteroatoms. The summed E-state index contributed by atoms with van der Waals surface area (Å²) < 4.78 is 3.02. The number of amides is 1. The van der Waals surface area contributed by atoms with Crippen LogP contribution < -0.4 is 5.32 Å². The topological polar surface area (TPSA) is 98.0 Å². The van der Waals surface area contributed by atoms with E-state index in [1.54, 1.807) is 23.1 Å². The van der Waals surface area contributed by atoms with Crippen LogP contribution in [-0.4, -0.2) is 27.1 Å². The Kier molecular flexibility index (Phi) is 4.31. The number of non-ortho nitro benzene ring substituents is 1. The second-order valence-electron chi connectivity index (χ2n) is 5.22. The lowest BCUT2D eigenvalue weighted by atomic mass is 10.2. The predicted octanol–water partition coefficient (Wildman–Crippen LogP) is 4.79. The first kappa shape index (κ1) is 16.9. The van der Waals surface area contributed by atoms with Gasteiger partial charge in [-0.15, -0.1) is 11.3 Å². The van der Waals surface area contributed by atoms with Crippen LogP contribution in [0.2, 0.25) is 0 Å². The van der Waals surface area contributed by atoms with Gasteiger partial charge in [0, 0.05) is 17.7 Å². The Morgan fingerprint density at radius 3 is 2.38 bits per heavy atom. The fraction of sp³-hybridized carbons (Fsp3) is 0.0625. The molecule has 130 valence electrons. The highest BCUT2D eigenvalue weighted by atomic mass is 32.2. The molecule has 0 radical (unpaired) electrons. The first-order chi connectivity index (χ1) is 12.5. The van der Waals surface area contributed by atoms with E-state index >= 15 is 0 Å². The molecule has 0 saturated heterocycles. The number of aromatic nitrogens is 2. The summed E-state index contributed by atoms with van der Waals surface area (Å²) in [5.74, 6) is -0.357. The van der Waals surface area contributed by atoms with E-state index in [1.807, 2.05) is 18.4 Å². The van der Waals surface area contributed by atoms with Gasteiger partial charge in [-0.1, -0.05) is 23.1 Å². The molecule has 2 heterocycles. The van der Waals surface area contributed by atoms with Crippen molar-refractivity contribution in [3.63, 3.8) is 0 Å². The lowest BCUT2D eigenvalue weighted by molar-refractivity contribution is -0.384. The quantitative estimate of drug-likeness (QED) is 0.299. The largest absolute Gasteiger partial charge is 0.298 e. The minimum Gasteiger partial charge on any atom is -0.298 e. The molecular weight excluding hydrogens is 392 g/mol. The number of hydrogen-bond acceptors (Lipinski definition) is 8. The zero-order valence-corrected chi connectivity index (χ0v) is 15.7. The average molecular weight is 402 g/mol. The van der Waals surface area contributed by atoms with Crippen molar-refractivity contribution in [2.24, 2.45) is 0 Å². The normalized spacial score (nSPS) is 11.1. The molecule has 0 spiro atoms. The molecule has 0 fully saturated rings. The van der Waals surface area contributed by atoms with Gasteiger partial charge in [0.15, 0.2) is 9.47 Å².